The molecule has 1 aliphatic rings. The summed E-state index contributed by atoms with van der Waals surface area (Å²) in [5.74, 6) is 2.44. The quantitative estimate of drug-likeness (QED) is 0.595. The van der Waals surface area contributed by atoms with E-state index in [2.05, 4.69) is 50.8 Å². The highest BCUT2D eigenvalue weighted by atomic mass is 16.5. The van der Waals surface area contributed by atoms with E-state index in [1.54, 1.807) is 11.7 Å². The van der Waals surface area contributed by atoms with E-state index >= 15 is 0 Å². The molecule has 0 spiro atoms. The Balaban J connectivity index is 1.59. The van der Waals surface area contributed by atoms with Gasteiger partial charge in [-0.1, -0.05) is 12.1 Å². The fraction of sp³-hybridized carbons (Fsp3) is 0.500. The molecule has 1 atom stereocenters. The average molecular weight is 358 g/mol. The van der Waals surface area contributed by atoms with Gasteiger partial charge >= 0.3 is 0 Å². The van der Waals surface area contributed by atoms with Crippen molar-refractivity contribution >= 4 is 5.96 Å². The van der Waals surface area contributed by atoms with Crippen molar-refractivity contribution in [2.75, 3.05) is 20.3 Å². The van der Waals surface area contributed by atoms with E-state index in [-0.39, 0.29) is 6.10 Å². The third-order valence-electron chi connectivity index (χ3n) is 4.29. The van der Waals surface area contributed by atoms with E-state index in [1.165, 1.54) is 11.9 Å². The van der Waals surface area contributed by atoms with Crippen molar-refractivity contribution in [1.29, 1.82) is 0 Å². The van der Waals surface area contributed by atoms with Crippen LogP contribution in [0.2, 0.25) is 0 Å². The number of nitrogens with one attached hydrogen (secondary N) is 2. The molecule has 0 saturated carbocycles. The minimum atomic E-state index is 0.129. The van der Waals surface area contributed by atoms with Crippen LogP contribution in [-0.4, -0.2) is 47.1 Å². The van der Waals surface area contributed by atoms with Gasteiger partial charge in [0.05, 0.1) is 19.8 Å². The second-order valence-electron chi connectivity index (χ2n) is 6.29. The van der Waals surface area contributed by atoms with Gasteiger partial charge in [0, 0.05) is 32.6 Å². The Kier molecular flexibility index (Phi) is 6.06. The number of benzene rings is 1. The molecule has 1 unspecified atom stereocenters. The highest BCUT2D eigenvalue weighted by molar-refractivity contribution is 5.79. The molecule has 1 fully saturated rings. The van der Waals surface area contributed by atoms with Gasteiger partial charge in [-0.25, -0.2) is 4.98 Å². The smallest absolute Gasteiger partial charge is 0.191 e. The Bertz CT molecular complexity index is 752. The average Bonchev–Trinajstić information content (AvgIpc) is 3.28. The van der Waals surface area contributed by atoms with Crippen molar-refractivity contribution in [2.45, 2.75) is 32.5 Å². The molecule has 8 heteroatoms. The minimum Gasteiger partial charge on any atom is -0.488 e. The van der Waals surface area contributed by atoms with Crippen LogP contribution in [0.5, 0.6) is 5.75 Å². The predicted octanol–water partition coefficient (Wildman–Crippen LogP) is 1.16. The SMILES string of the molecule is CN=C(NCc1ccc(C)cc1OC1CCOC1)NCc1ncnn1C. The Morgan fingerprint density at radius 2 is 2.23 bits per heavy atom. The molecule has 0 aliphatic carbocycles. The summed E-state index contributed by atoms with van der Waals surface area (Å²) in [5, 5.41) is 10.6. The lowest BCUT2D eigenvalue weighted by atomic mass is 10.1. The molecule has 3 rings (SSSR count). The standard InChI is InChI=1S/C18H26N6O2/c1-13-4-5-14(16(8-13)26-15-6-7-25-11-15)9-20-18(19-2)21-10-17-22-12-23-24(17)3/h4-5,8,12,15H,6-7,9-11H2,1-3H3,(H2,19,20,21). The van der Waals surface area contributed by atoms with Gasteiger partial charge in [0.2, 0.25) is 0 Å². The molecule has 2 N–H and O–H groups in total. The topological polar surface area (TPSA) is 85.6 Å². The van der Waals surface area contributed by atoms with Crippen LogP contribution in [0.3, 0.4) is 0 Å². The Labute approximate surface area is 153 Å². The Hall–Kier alpha value is -2.61. The summed E-state index contributed by atoms with van der Waals surface area (Å²) < 4.78 is 13.3. The van der Waals surface area contributed by atoms with Crippen LogP contribution in [0.4, 0.5) is 0 Å². The maximum absolute atomic E-state index is 6.14. The first kappa shape index (κ1) is 18.2. The molecule has 0 amide bonds. The normalized spacial score (nSPS) is 17.3. The molecule has 8 nitrogen and oxygen atoms in total. The summed E-state index contributed by atoms with van der Waals surface area (Å²) in [5.41, 5.74) is 2.26. The van der Waals surface area contributed by atoms with Crippen molar-refractivity contribution in [3.05, 3.63) is 41.5 Å². The zero-order valence-electron chi connectivity index (χ0n) is 15.5. The molecule has 26 heavy (non-hydrogen) atoms. The monoisotopic (exact) mass is 358 g/mol. The first-order valence-corrected chi connectivity index (χ1v) is 8.77. The summed E-state index contributed by atoms with van der Waals surface area (Å²) >= 11 is 0. The van der Waals surface area contributed by atoms with E-state index in [1.807, 2.05) is 7.05 Å². The number of hydrogen-bond acceptors (Lipinski definition) is 5. The van der Waals surface area contributed by atoms with Crippen molar-refractivity contribution in [2.24, 2.45) is 12.0 Å². The van der Waals surface area contributed by atoms with Crippen LogP contribution in [0.25, 0.3) is 0 Å². The molecule has 2 aromatic rings. The maximum Gasteiger partial charge on any atom is 0.191 e. The number of ether oxygens (including phenoxy) is 2. The van der Waals surface area contributed by atoms with Gasteiger partial charge in [0.1, 0.15) is 24.0 Å². The third-order valence-corrected chi connectivity index (χ3v) is 4.29. The van der Waals surface area contributed by atoms with Crippen molar-refractivity contribution in [3.63, 3.8) is 0 Å². The summed E-state index contributed by atoms with van der Waals surface area (Å²) in [6, 6.07) is 6.25. The molecule has 0 bridgehead atoms. The lowest BCUT2D eigenvalue weighted by Crippen LogP contribution is -2.37. The zero-order chi connectivity index (χ0) is 18.4. The van der Waals surface area contributed by atoms with Gasteiger partial charge in [-0.15, -0.1) is 0 Å². The summed E-state index contributed by atoms with van der Waals surface area (Å²) in [4.78, 5) is 8.46. The largest absolute Gasteiger partial charge is 0.488 e. The van der Waals surface area contributed by atoms with Gasteiger partial charge in [-0.2, -0.15) is 5.10 Å². The van der Waals surface area contributed by atoms with Gasteiger partial charge < -0.3 is 20.1 Å². The van der Waals surface area contributed by atoms with Crippen molar-refractivity contribution in [1.82, 2.24) is 25.4 Å². The lowest BCUT2D eigenvalue weighted by Gasteiger charge is -2.18. The van der Waals surface area contributed by atoms with Gasteiger partial charge in [-0.05, 0) is 18.6 Å². The molecule has 0 radical (unpaired) electrons. The van der Waals surface area contributed by atoms with Crippen LogP contribution in [0, 0.1) is 6.92 Å². The second-order valence-corrected chi connectivity index (χ2v) is 6.29. The summed E-state index contributed by atoms with van der Waals surface area (Å²) in [7, 11) is 3.61. The third kappa shape index (κ3) is 4.72. The molecule has 2 heterocycles. The molecule has 1 aromatic heterocycles. The molecular weight excluding hydrogens is 332 g/mol. The van der Waals surface area contributed by atoms with E-state index in [9.17, 15) is 0 Å². The van der Waals surface area contributed by atoms with E-state index in [4.69, 9.17) is 9.47 Å². The Morgan fingerprint density at radius 1 is 1.38 bits per heavy atom. The zero-order valence-corrected chi connectivity index (χ0v) is 15.5. The van der Waals surface area contributed by atoms with Crippen LogP contribution in [-0.2, 0) is 24.9 Å². The molecule has 1 aliphatic heterocycles. The van der Waals surface area contributed by atoms with E-state index < -0.39 is 0 Å². The highest BCUT2D eigenvalue weighted by Crippen LogP contribution is 2.23. The first-order chi connectivity index (χ1) is 12.7. The number of rotatable bonds is 6. The number of aryl methyl sites for hydroxylation is 2. The van der Waals surface area contributed by atoms with Gasteiger partial charge in [0.25, 0.3) is 0 Å². The van der Waals surface area contributed by atoms with Gasteiger partial charge in [0.15, 0.2) is 5.96 Å². The fourth-order valence-electron chi connectivity index (χ4n) is 2.75. The molecule has 140 valence electrons. The van der Waals surface area contributed by atoms with E-state index in [0.717, 1.165) is 30.2 Å². The number of hydrogen-bond donors (Lipinski definition) is 2. The van der Waals surface area contributed by atoms with E-state index in [0.29, 0.717) is 25.7 Å². The molecule has 1 aromatic carbocycles. The van der Waals surface area contributed by atoms with Crippen LogP contribution < -0.4 is 15.4 Å². The van der Waals surface area contributed by atoms with Crippen molar-refractivity contribution in [3.8, 4) is 5.75 Å². The fourth-order valence-corrected chi connectivity index (χ4v) is 2.75. The lowest BCUT2D eigenvalue weighted by molar-refractivity contribution is 0.140. The van der Waals surface area contributed by atoms with Crippen LogP contribution in [0.1, 0.15) is 23.4 Å². The minimum absolute atomic E-state index is 0.129. The maximum atomic E-state index is 6.14. The van der Waals surface area contributed by atoms with Crippen LogP contribution in [0.15, 0.2) is 29.5 Å². The number of guanidine groups is 1. The predicted molar refractivity (Wildman–Crippen MR) is 99.1 cm³/mol. The summed E-state index contributed by atoms with van der Waals surface area (Å²) in [6.45, 7) is 4.65. The highest BCUT2D eigenvalue weighted by Gasteiger charge is 2.18. The number of aliphatic imine (C=N–C) groups is 1. The van der Waals surface area contributed by atoms with Gasteiger partial charge in [-0.3, -0.25) is 9.67 Å². The van der Waals surface area contributed by atoms with Crippen LogP contribution >= 0.6 is 0 Å². The Morgan fingerprint density at radius 3 is 2.92 bits per heavy atom. The first-order valence-electron chi connectivity index (χ1n) is 8.77. The number of aromatic nitrogens is 3. The molecular formula is C18H26N6O2. The number of nitrogens with zero attached hydrogens (tertiary/aromatic N) is 4. The summed E-state index contributed by atoms with van der Waals surface area (Å²) in [6.07, 6.45) is 2.60. The second kappa shape index (κ2) is 8.66. The molecule has 1 saturated heterocycles. The van der Waals surface area contributed by atoms with Crippen molar-refractivity contribution < 1.29 is 9.47 Å².